The Balaban J connectivity index is 1.48. The van der Waals surface area contributed by atoms with Gasteiger partial charge in [-0.15, -0.1) is 0 Å². The van der Waals surface area contributed by atoms with Crippen molar-refractivity contribution < 1.29 is 33.3 Å². The second kappa shape index (κ2) is 11.8. The Morgan fingerprint density at radius 2 is 1.86 bits per heavy atom. The molecule has 11 nitrogen and oxygen atoms in total. The second-order valence-electron chi connectivity index (χ2n) is 8.99. The third kappa shape index (κ3) is 5.99. The standard InChI is InChI=1S/C28H22F2N6O5S/c1-36-9-8-33-26(36)17-11-16(42-22-7-3-15(12-34-22)28(38)39)4-6-20(17)40-24-18(29)13-35-27(23(24)30)41-21-10-14(25(31)32)2-5-19(21)37/h2-8,10-13,26,37H,9H2,1H3,(H3,31,32)(H,38,39). The summed E-state index contributed by atoms with van der Waals surface area (Å²) in [7, 11) is 1.83. The number of phenols is 1. The number of hydrogen-bond donors (Lipinski definition) is 4. The zero-order chi connectivity index (χ0) is 30.0. The van der Waals surface area contributed by atoms with Crippen LogP contribution >= 0.6 is 11.8 Å². The number of carboxylic acid groups (broad SMARTS) is 1. The predicted octanol–water partition coefficient (Wildman–Crippen LogP) is 5.19. The van der Waals surface area contributed by atoms with Gasteiger partial charge in [0.1, 0.15) is 22.8 Å². The lowest BCUT2D eigenvalue weighted by molar-refractivity contribution is 0.0696. The van der Waals surface area contributed by atoms with Gasteiger partial charge >= 0.3 is 5.97 Å². The molecule has 1 aliphatic rings. The molecule has 0 fully saturated rings. The van der Waals surface area contributed by atoms with Crippen LogP contribution in [0.1, 0.15) is 27.7 Å². The fraction of sp³-hybridized carbons (Fsp3) is 0.107. The molecule has 14 heteroatoms. The lowest BCUT2D eigenvalue weighted by atomic mass is 10.1. The summed E-state index contributed by atoms with van der Waals surface area (Å²) in [6.45, 7) is 0.540. The normalized spacial score (nSPS) is 14.6. The van der Waals surface area contributed by atoms with Gasteiger partial charge in [-0.1, -0.05) is 11.8 Å². The lowest BCUT2D eigenvalue weighted by Gasteiger charge is -2.22. The number of hydrogen-bond acceptors (Lipinski definition) is 10. The van der Waals surface area contributed by atoms with Crippen LogP contribution in [0.15, 0.2) is 75.8 Å². The van der Waals surface area contributed by atoms with Gasteiger partial charge in [0.05, 0.1) is 11.8 Å². The third-order valence-corrected chi connectivity index (χ3v) is 7.03. The van der Waals surface area contributed by atoms with Crippen LogP contribution in [0.2, 0.25) is 0 Å². The van der Waals surface area contributed by atoms with Gasteiger partial charge in [-0.2, -0.15) is 4.39 Å². The first-order valence-electron chi connectivity index (χ1n) is 12.2. The Morgan fingerprint density at radius 1 is 1.07 bits per heavy atom. The molecule has 1 unspecified atom stereocenters. The minimum absolute atomic E-state index is 0.0530. The van der Waals surface area contributed by atoms with Gasteiger partial charge in [-0.25, -0.2) is 19.2 Å². The highest BCUT2D eigenvalue weighted by molar-refractivity contribution is 7.99. The third-order valence-electron chi connectivity index (χ3n) is 6.09. The largest absolute Gasteiger partial charge is 0.504 e. The molecule has 214 valence electrons. The Bertz CT molecular complexity index is 1720. The van der Waals surface area contributed by atoms with Crippen LogP contribution in [0, 0.1) is 17.0 Å². The number of phenolic OH excluding ortho intramolecular Hbond substituents is 1. The lowest BCUT2D eigenvalue weighted by Crippen LogP contribution is -2.19. The summed E-state index contributed by atoms with van der Waals surface area (Å²) >= 11 is 1.26. The molecule has 4 aromatic rings. The minimum Gasteiger partial charge on any atom is -0.504 e. The SMILES string of the molecule is CN1CC=NC1c1cc(Sc2ccc(C(=O)O)cn2)ccc1Oc1c(F)cnc(Oc2cc(C(=N)N)ccc2O)c1F. The van der Waals surface area contributed by atoms with E-state index in [0.29, 0.717) is 22.0 Å². The van der Waals surface area contributed by atoms with Gasteiger partial charge in [-0.3, -0.25) is 15.3 Å². The molecule has 1 atom stereocenters. The monoisotopic (exact) mass is 592 g/mol. The first-order chi connectivity index (χ1) is 20.1. The Hall–Kier alpha value is -5.08. The van der Waals surface area contributed by atoms with E-state index >= 15 is 4.39 Å². The summed E-state index contributed by atoms with van der Waals surface area (Å²) < 4.78 is 41.6. The molecule has 42 heavy (non-hydrogen) atoms. The minimum atomic E-state index is -1.27. The van der Waals surface area contributed by atoms with Crippen molar-refractivity contribution in [1.82, 2.24) is 14.9 Å². The number of nitrogens with two attached hydrogens (primary N) is 1. The maximum absolute atomic E-state index is 15.5. The molecule has 0 amide bonds. The van der Waals surface area contributed by atoms with Crippen LogP contribution < -0.4 is 15.2 Å². The van der Waals surface area contributed by atoms with Crippen LogP contribution in [-0.4, -0.2) is 56.7 Å². The Kier molecular flexibility index (Phi) is 7.99. The smallest absolute Gasteiger partial charge is 0.337 e. The maximum atomic E-state index is 15.5. The fourth-order valence-electron chi connectivity index (χ4n) is 3.95. The average molecular weight is 593 g/mol. The number of amidine groups is 1. The summed E-state index contributed by atoms with van der Waals surface area (Å²) in [6, 6.07) is 11.8. The molecule has 0 saturated carbocycles. The molecule has 0 radical (unpaired) electrons. The molecule has 0 aliphatic carbocycles. The second-order valence-corrected chi connectivity index (χ2v) is 10.1. The van der Waals surface area contributed by atoms with Crippen LogP contribution in [0.25, 0.3) is 0 Å². The van der Waals surface area contributed by atoms with Crippen molar-refractivity contribution in [3.63, 3.8) is 0 Å². The molecule has 5 rings (SSSR count). The Morgan fingerprint density at radius 3 is 2.52 bits per heavy atom. The number of carboxylic acids is 1. The number of aromatic hydroxyl groups is 1. The molecule has 3 heterocycles. The first kappa shape index (κ1) is 28.4. The van der Waals surface area contributed by atoms with E-state index < -0.39 is 35.4 Å². The number of halogens is 2. The van der Waals surface area contributed by atoms with Crippen molar-refractivity contribution in [2.24, 2.45) is 10.7 Å². The molecule has 0 bridgehead atoms. The number of pyridine rings is 2. The van der Waals surface area contributed by atoms with Crippen molar-refractivity contribution in [2.75, 3.05) is 13.6 Å². The number of aromatic carboxylic acids is 1. The number of aliphatic imine (C=N–C) groups is 1. The zero-order valence-corrected chi connectivity index (χ0v) is 22.6. The van der Waals surface area contributed by atoms with Crippen molar-refractivity contribution >= 4 is 29.8 Å². The quantitative estimate of drug-likeness (QED) is 0.150. The number of nitrogen functional groups attached to an aromatic ring is 1. The average Bonchev–Trinajstić information content (AvgIpc) is 3.39. The highest BCUT2D eigenvalue weighted by atomic mass is 32.2. The van der Waals surface area contributed by atoms with Crippen molar-refractivity contribution in [1.29, 1.82) is 5.41 Å². The van der Waals surface area contributed by atoms with E-state index in [9.17, 15) is 14.3 Å². The molecule has 2 aromatic heterocycles. The maximum Gasteiger partial charge on any atom is 0.337 e. The number of aromatic nitrogens is 2. The number of benzene rings is 2. The summed E-state index contributed by atoms with van der Waals surface area (Å²) in [5, 5.41) is 27.3. The molecule has 0 spiro atoms. The van der Waals surface area contributed by atoms with Crippen molar-refractivity contribution in [2.45, 2.75) is 16.1 Å². The van der Waals surface area contributed by atoms with Gasteiger partial charge in [0.25, 0.3) is 5.88 Å². The van der Waals surface area contributed by atoms with Crippen molar-refractivity contribution in [3.05, 3.63) is 89.2 Å². The molecule has 2 aromatic carbocycles. The number of nitrogens with one attached hydrogen (secondary N) is 1. The number of rotatable bonds is 9. The van der Waals surface area contributed by atoms with Gasteiger partial charge < -0.3 is 25.4 Å². The topological polar surface area (TPSA) is 167 Å². The zero-order valence-electron chi connectivity index (χ0n) is 21.8. The molecule has 1 aliphatic heterocycles. The van der Waals surface area contributed by atoms with E-state index in [0.717, 1.165) is 6.20 Å². The van der Waals surface area contributed by atoms with Crippen LogP contribution in [0.4, 0.5) is 8.78 Å². The summed E-state index contributed by atoms with van der Waals surface area (Å²) in [4.78, 5) is 26.0. The summed E-state index contributed by atoms with van der Waals surface area (Å²) in [6.07, 6.45) is 3.16. The van der Waals surface area contributed by atoms with Crippen molar-refractivity contribution in [3.8, 4) is 28.9 Å². The predicted molar refractivity (Wildman–Crippen MR) is 149 cm³/mol. The van der Waals surface area contributed by atoms with E-state index in [1.54, 1.807) is 24.4 Å². The molecular formula is C28H22F2N6O5S. The van der Waals surface area contributed by atoms with E-state index in [4.69, 9.17) is 25.7 Å². The van der Waals surface area contributed by atoms with E-state index in [-0.39, 0.29) is 34.2 Å². The van der Waals surface area contributed by atoms with E-state index in [1.807, 2.05) is 11.9 Å². The van der Waals surface area contributed by atoms with Crippen LogP contribution in [-0.2, 0) is 0 Å². The Labute approximate surface area is 241 Å². The van der Waals surface area contributed by atoms with Gasteiger partial charge in [0, 0.05) is 35.0 Å². The highest BCUT2D eigenvalue weighted by Crippen LogP contribution is 2.41. The number of carbonyl (C=O) groups is 1. The number of ether oxygens (including phenoxy) is 2. The first-order valence-corrected chi connectivity index (χ1v) is 13.0. The summed E-state index contributed by atoms with van der Waals surface area (Å²) in [5.41, 5.74) is 6.24. The van der Waals surface area contributed by atoms with Crippen LogP contribution in [0.3, 0.4) is 0 Å². The highest BCUT2D eigenvalue weighted by Gasteiger charge is 2.27. The fourth-order valence-corrected chi connectivity index (χ4v) is 4.76. The van der Waals surface area contributed by atoms with Gasteiger partial charge in [0.2, 0.25) is 11.6 Å². The van der Waals surface area contributed by atoms with Crippen LogP contribution in [0.5, 0.6) is 28.9 Å². The van der Waals surface area contributed by atoms with E-state index in [1.165, 1.54) is 48.3 Å². The number of nitrogens with zero attached hydrogens (tertiary/aromatic N) is 4. The summed E-state index contributed by atoms with van der Waals surface area (Å²) in [5.74, 6) is -5.75. The van der Waals surface area contributed by atoms with Gasteiger partial charge in [-0.05, 0) is 55.6 Å². The molecule has 5 N–H and O–H groups in total. The molecule has 0 saturated heterocycles. The van der Waals surface area contributed by atoms with E-state index in [2.05, 4.69) is 15.0 Å². The molecular weight excluding hydrogens is 570 g/mol. The van der Waals surface area contributed by atoms with Gasteiger partial charge in [0.15, 0.2) is 17.3 Å².